The molecule has 3 heteroatoms. The Balaban J connectivity index is 2.45. The molecule has 1 aliphatic heterocycles. The fraction of sp³-hybridized carbons (Fsp3) is 1.00. The molecule has 0 aromatic heterocycles. The molecular formula is C12H26N2O. The number of rotatable bonds is 4. The van der Waals surface area contributed by atoms with Crippen LogP contribution in [0.15, 0.2) is 0 Å². The summed E-state index contributed by atoms with van der Waals surface area (Å²) in [6.45, 7) is 11.0. The van der Waals surface area contributed by atoms with Crippen LogP contribution in [0.2, 0.25) is 0 Å². The van der Waals surface area contributed by atoms with Crippen molar-refractivity contribution in [1.29, 1.82) is 0 Å². The minimum absolute atomic E-state index is 0.169. The first kappa shape index (κ1) is 12.9. The van der Waals surface area contributed by atoms with E-state index >= 15 is 0 Å². The van der Waals surface area contributed by atoms with Crippen molar-refractivity contribution in [2.45, 2.75) is 39.3 Å². The van der Waals surface area contributed by atoms with Crippen molar-refractivity contribution < 1.29 is 5.11 Å². The summed E-state index contributed by atoms with van der Waals surface area (Å²) in [7, 11) is 2.20. The Kier molecular flexibility index (Phi) is 5.03. The third kappa shape index (κ3) is 4.09. The standard InChI is InChI=1S/C12H26N2O/c1-10(2)12-9-13(4)7-8-14(12)6-5-11(3)15/h10-12,15H,5-9H2,1-4H3. The second kappa shape index (κ2) is 5.83. The first-order chi connectivity index (χ1) is 7.00. The van der Waals surface area contributed by atoms with Crippen molar-refractivity contribution in [3.05, 3.63) is 0 Å². The maximum absolute atomic E-state index is 9.32. The quantitative estimate of drug-likeness (QED) is 0.757. The van der Waals surface area contributed by atoms with Crippen LogP contribution in [0, 0.1) is 5.92 Å². The van der Waals surface area contributed by atoms with E-state index in [1.807, 2.05) is 6.92 Å². The summed E-state index contributed by atoms with van der Waals surface area (Å²) in [4.78, 5) is 4.95. The molecule has 90 valence electrons. The number of likely N-dealkylation sites (N-methyl/N-ethyl adjacent to an activating group) is 1. The minimum Gasteiger partial charge on any atom is -0.393 e. The van der Waals surface area contributed by atoms with Gasteiger partial charge in [0.05, 0.1) is 6.10 Å². The Morgan fingerprint density at radius 1 is 1.27 bits per heavy atom. The molecule has 0 radical (unpaired) electrons. The van der Waals surface area contributed by atoms with Crippen LogP contribution in [-0.4, -0.2) is 60.3 Å². The number of aliphatic hydroxyl groups excluding tert-OH is 1. The Morgan fingerprint density at radius 2 is 1.93 bits per heavy atom. The van der Waals surface area contributed by atoms with Gasteiger partial charge in [-0.05, 0) is 26.3 Å². The first-order valence-electron chi connectivity index (χ1n) is 6.11. The molecule has 2 unspecified atom stereocenters. The lowest BCUT2D eigenvalue weighted by atomic mass is 9.99. The Morgan fingerprint density at radius 3 is 2.47 bits per heavy atom. The van der Waals surface area contributed by atoms with Gasteiger partial charge in [0.2, 0.25) is 0 Å². The monoisotopic (exact) mass is 214 g/mol. The van der Waals surface area contributed by atoms with Crippen molar-refractivity contribution in [3.63, 3.8) is 0 Å². The van der Waals surface area contributed by atoms with Gasteiger partial charge in [-0.15, -0.1) is 0 Å². The number of hydrogen-bond donors (Lipinski definition) is 1. The van der Waals surface area contributed by atoms with E-state index in [0.29, 0.717) is 12.0 Å². The van der Waals surface area contributed by atoms with Gasteiger partial charge in [-0.25, -0.2) is 0 Å². The van der Waals surface area contributed by atoms with Crippen molar-refractivity contribution >= 4 is 0 Å². The smallest absolute Gasteiger partial charge is 0.0524 e. The van der Waals surface area contributed by atoms with Crippen LogP contribution in [-0.2, 0) is 0 Å². The number of piperazine rings is 1. The van der Waals surface area contributed by atoms with E-state index in [0.717, 1.165) is 32.6 Å². The summed E-state index contributed by atoms with van der Waals surface area (Å²) in [6.07, 6.45) is 0.727. The van der Waals surface area contributed by atoms with Gasteiger partial charge in [0.1, 0.15) is 0 Å². The minimum atomic E-state index is -0.169. The number of nitrogens with zero attached hydrogens (tertiary/aromatic N) is 2. The van der Waals surface area contributed by atoms with E-state index in [9.17, 15) is 5.11 Å². The van der Waals surface area contributed by atoms with E-state index in [1.165, 1.54) is 0 Å². The van der Waals surface area contributed by atoms with E-state index in [-0.39, 0.29) is 6.10 Å². The van der Waals surface area contributed by atoms with Crippen LogP contribution in [0.1, 0.15) is 27.2 Å². The highest BCUT2D eigenvalue weighted by Gasteiger charge is 2.27. The van der Waals surface area contributed by atoms with Gasteiger partial charge in [0.15, 0.2) is 0 Å². The van der Waals surface area contributed by atoms with E-state index in [2.05, 4.69) is 30.7 Å². The molecule has 0 bridgehead atoms. The number of aliphatic hydroxyl groups is 1. The molecular weight excluding hydrogens is 188 g/mol. The zero-order valence-corrected chi connectivity index (χ0v) is 10.6. The molecule has 1 N–H and O–H groups in total. The Labute approximate surface area is 94.1 Å². The second-order valence-electron chi connectivity index (χ2n) is 5.25. The predicted molar refractivity (Wildman–Crippen MR) is 64.0 cm³/mol. The summed E-state index contributed by atoms with van der Waals surface area (Å²) in [5.74, 6) is 0.696. The fourth-order valence-corrected chi connectivity index (χ4v) is 2.25. The van der Waals surface area contributed by atoms with Gasteiger partial charge in [-0.3, -0.25) is 4.90 Å². The van der Waals surface area contributed by atoms with Gasteiger partial charge in [0, 0.05) is 32.2 Å². The molecule has 1 fully saturated rings. The van der Waals surface area contributed by atoms with Crippen molar-refractivity contribution in [2.75, 3.05) is 33.2 Å². The van der Waals surface area contributed by atoms with Crippen LogP contribution in [0.4, 0.5) is 0 Å². The lowest BCUT2D eigenvalue weighted by Gasteiger charge is -2.42. The van der Waals surface area contributed by atoms with Crippen LogP contribution < -0.4 is 0 Å². The highest BCUT2D eigenvalue weighted by atomic mass is 16.3. The predicted octanol–water partition coefficient (Wildman–Crippen LogP) is 1.03. The number of hydrogen-bond acceptors (Lipinski definition) is 3. The van der Waals surface area contributed by atoms with Crippen LogP contribution in [0.3, 0.4) is 0 Å². The molecule has 0 aromatic carbocycles. The third-order valence-electron chi connectivity index (χ3n) is 3.34. The second-order valence-corrected chi connectivity index (χ2v) is 5.25. The molecule has 0 saturated carbocycles. The molecule has 2 atom stereocenters. The van der Waals surface area contributed by atoms with Crippen molar-refractivity contribution in [2.24, 2.45) is 5.92 Å². The normalized spacial score (nSPS) is 27.2. The van der Waals surface area contributed by atoms with Crippen LogP contribution in [0.25, 0.3) is 0 Å². The Bertz CT molecular complexity index is 182. The summed E-state index contributed by atoms with van der Waals surface area (Å²) in [5, 5.41) is 9.32. The molecule has 1 rings (SSSR count). The lowest BCUT2D eigenvalue weighted by Crippen LogP contribution is -2.54. The third-order valence-corrected chi connectivity index (χ3v) is 3.34. The molecule has 1 aliphatic rings. The van der Waals surface area contributed by atoms with Crippen LogP contribution >= 0.6 is 0 Å². The fourth-order valence-electron chi connectivity index (χ4n) is 2.25. The highest BCUT2D eigenvalue weighted by molar-refractivity contribution is 4.83. The molecule has 15 heavy (non-hydrogen) atoms. The zero-order valence-electron chi connectivity index (χ0n) is 10.6. The molecule has 1 saturated heterocycles. The SMILES string of the molecule is CC(O)CCN1CCN(C)CC1C(C)C. The largest absolute Gasteiger partial charge is 0.393 e. The molecule has 0 amide bonds. The van der Waals surface area contributed by atoms with Gasteiger partial charge in [-0.1, -0.05) is 13.8 Å². The first-order valence-corrected chi connectivity index (χ1v) is 6.11. The highest BCUT2D eigenvalue weighted by Crippen LogP contribution is 2.16. The van der Waals surface area contributed by atoms with Gasteiger partial charge in [-0.2, -0.15) is 0 Å². The summed E-state index contributed by atoms with van der Waals surface area (Å²) < 4.78 is 0. The van der Waals surface area contributed by atoms with Crippen LogP contribution in [0.5, 0.6) is 0 Å². The maximum Gasteiger partial charge on any atom is 0.0524 e. The summed E-state index contributed by atoms with van der Waals surface area (Å²) in [6, 6.07) is 0.655. The van der Waals surface area contributed by atoms with E-state index in [1.54, 1.807) is 0 Å². The Hall–Kier alpha value is -0.120. The molecule has 0 spiro atoms. The molecule has 3 nitrogen and oxygen atoms in total. The van der Waals surface area contributed by atoms with E-state index in [4.69, 9.17) is 0 Å². The zero-order chi connectivity index (χ0) is 11.4. The lowest BCUT2D eigenvalue weighted by molar-refractivity contribution is 0.0504. The van der Waals surface area contributed by atoms with Gasteiger partial charge >= 0.3 is 0 Å². The average molecular weight is 214 g/mol. The van der Waals surface area contributed by atoms with Gasteiger partial charge in [0.25, 0.3) is 0 Å². The average Bonchev–Trinajstić information content (AvgIpc) is 2.15. The van der Waals surface area contributed by atoms with Gasteiger partial charge < -0.3 is 10.0 Å². The van der Waals surface area contributed by atoms with Crippen molar-refractivity contribution in [1.82, 2.24) is 9.80 Å². The maximum atomic E-state index is 9.32. The summed E-state index contributed by atoms with van der Waals surface area (Å²) >= 11 is 0. The topological polar surface area (TPSA) is 26.7 Å². The summed E-state index contributed by atoms with van der Waals surface area (Å²) in [5.41, 5.74) is 0. The van der Waals surface area contributed by atoms with Crippen molar-refractivity contribution in [3.8, 4) is 0 Å². The van der Waals surface area contributed by atoms with E-state index < -0.39 is 0 Å². The molecule has 1 heterocycles. The molecule has 0 aliphatic carbocycles. The molecule has 0 aromatic rings.